The van der Waals surface area contributed by atoms with Crippen LogP contribution in [-0.4, -0.2) is 51.4 Å². The average molecular weight is 323 g/mol. The average Bonchev–Trinajstić information content (AvgIpc) is 2.87. The number of rotatable bonds is 3. The maximum atomic E-state index is 12.7. The quantitative estimate of drug-likeness (QED) is 0.861. The van der Waals surface area contributed by atoms with Crippen LogP contribution < -0.4 is 0 Å². The molecule has 0 spiro atoms. The summed E-state index contributed by atoms with van der Waals surface area (Å²) < 4.78 is 2.03. The number of aryl methyl sites for hydroxylation is 1. The van der Waals surface area contributed by atoms with Gasteiger partial charge in [-0.2, -0.15) is 5.26 Å². The van der Waals surface area contributed by atoms with Crippen LogP contribution in [0.1, 0.15) is 28.2 Å². The van der Waals surface area contributed by atoms with Gasteiger partial charge in [-0.05, 0) is 24.6 Å². The number of hydrogen-bond donors (Lipinski definition) is 0. The third-order valence-corrected chi connectivity index (χ3v) is 4.40. The van der Waals surface area contributed by atoms with Gasteiger partial charge in [-0.25, -0.2) is 4.98 Å². The number of aromatic nitrogens is 2. The van der Waals surface area contributed by atoms with Gasteiger partial charge in [0.1, 0.15) is 5.82 Å². The predicted molar refractivity (Wildman–Crippen MR) is 90.2 cm³/mol. The van der Waals surface area contributed by atoms with Gasteiger partial charge in [0, 0.05) is 51.2 Å². The molecule has 24 heavy (non-hydrogen) atoms. The Morgan fingerprint density at radius 1 is 1.29 bits per heavy atom. The highest BCUT2D eigenvalue weighted by atomic mass is 16.2. The van der Waals surface area contributed by atoms with Crippen LogP contribution in [0.15, 0.2) is 36.7 Å². The molecule has 0 saturated carbocycles. The van der Waals surface area contributed by atoms with Crippen molar-refractivity contribution in [1.29, 1.82) is 5.26 Å². The maximum absolute atomic E-state index is 12.7. The van der Waals surface area contributed by atoms with E-state index in [0.29, 0.717) is 17.7 Å². The first kappa shape index (κ1) is 16.2. The molecule has 1 fully saturated rings. The van der Waals surface area contributed by atoms with Crippen molar-refractivity contribution in [1.82, 2.24) is 19.4 Å². The minimum atomic E-state index is 0.00550. The Morgan fingerprint density at radius 3 is 2.92 bits per heavy atom. The monoisotopic (exact) mass is 323 g/mol. The van der Waals surface area contributed by atoms with Crippen molar-refractivity contribution >= 4 is 5.91 Å². The van der Waals surface area contributed by atoms with Crippen LogP contribution >= 0.6 is 0 Å². The van der Waals surface area contributed by atoms with Gasteiger partial charge < -0.3 is 9.47 Å². The molecular weight excluding hydrogens is 302 g/mol. The number of hydrogen-bond acceptors (Lipinski definition) is 4. The molecule has 0 unspecified atom stereocenters. The number of carbonyl (C=O) groups excluding carboxylic acids is 1. The highest BCUT2D eigenvalue weighted by molar-refractivity contribution is 5.94. The van der Waals surface area contributed by atoms with E-state index in [2.05, 4.69) is 16.0 Å². The lowest BCUT2D eigenvalue weighted by Crippen LogP contribution is -2.35. The number of benzene rings is 1. The van der Waals surface area contributed by atoms with E-state index in [1.807, 2.05) is 28.9 Å². The molecule has 0 N–H and O–H groups in total. The fourth-order valence-corrected chi connectivity index (χ4v) is 2.99. The summed E-state index contributed by atoms with van der Waals surface area (Å²) in [4.78, 5) is 21.3. The summed E-state index contributed by atoms with van der Waals surface area (Å²) >= 11 is 0. The zero-order valence-corrected chi connectivity index (χ0v) is 13.9. The predicted octanol–water partition coefficient (Wildman–Crippen LogP) is 1.64. The molecule has 1 aliphatic heterocycles. The van der Waals surface area contributed by atoms with Crippen molar-refractivity contribution in [3.05, 3.63) is 53.6 Å². The van der Waals surface area contributed by atoms with E-state index in [4.69, 9.17) is 5.26 Å². The van der Waals surface area contributed by atoms with Crippen molar-refractivity contribution in [2.24, 2.45) is 7.05 Å². The van der Waals surface area contributed by atoms with Crippen molar-refractivity contribution in [2.75, 3.05) is 26.2 Å². The Hall–Kier alpha value is -2.65. The first-order valence-electron chi connectivity index (χ1n) is 8.15. The second-order valence-corrected chi connectivity index (χ2v) is 6.07. The molecule has 0 aliphatic carbocycles. The van der Waals surface area contributed by atoms with Crippen LogP contribution in [-0.2, 0) is 13.6 Å². The Morgan fingerprint density at radius 2 is 2.17 bits per heavy atom. The SMILES string of the molecule is Cn1ccnc1CN1CCCN(C(=O)c2cccc(C#N)c2)CC1. The third-order valence-electron chi connectivity index (χ3n) is 4.40. The zero-order valence-electron chi connectivity index (χ0n) is 13.9. The summed E-state index contributed by atoms with van der Waals surface area (Å²) in [5, 5.41) is 8.99. The molecule has 1 aliphatic rings. The summed E-state index contributed by atoms with van der Waals surface area (Å²) in [6.45, 7) is 4.02. The second-order valence-electron chi connectivity index (χ2n) is 6.07. The van der Waals surface area contributed by atoms with Gasteiger partial charge in [-0.1, -0.05) is 6.07 Å². The summed E-state index contributed by atoms with van der Waals surface area (Å²) in [6, 6.07) is 9.01. The largest absolute Gasteiger partial charge is 0.337 e. The Labute approximate surface area is 141 Å². The van der Waals surface area contributed by atoms with Crippen molar-refractivity contribution < 1.29 is 4.79 Å². The van der Waals surface area contributed by atoms with E-state index < -0.39 is 0 Å². The minimum Gasteiger partial charge on any atom is -0.337 e. The van der Waals surface area contributed by atoms with Gasteiger partial charge in [0.15, 0.2) is 0 Å². The van der Waals surface area contributed by atoms with E-state index in [1.165, 1.54) is 0 Å². The maximum Gasteiger partial charge on any atom is 0.253 e. The fraction of sp³-hybridized carbons (Fsp3) is 0.389. The molecule has 0 atom stereocenters. The molecule has 2 heterocycles. The standard InChI is InChI=1S/C18H21N5O/c1-21-9-6-20-17(21)14-22-7-3-8-23(11-10-22)18(24)16-5-2-4-15(12-16)13-19/h2,4-6,9,12H,3,7-8,10-11,14H2,1H3. The fourth-order valence-electron chi connectivity index (χ4n) is 2.99. The van der Waals surface area contributed by atoms with Gasteiger partial charge in [0.2, 0.25) is 0 Å². The van der Waals surface area contributed by atoms with Crippen molar-refractivity contribution in [2.45, 2.75) is 13.0 Å². The van der Waals surface area contributed by atoms with Crippen LogP contribution in [0, 0.1) is 11.3 Å². The topological polar surface area (TPSA) is 65.2 Å². The van der Waals surface area contributed by atoms with Gasteiger partial charge >= 0.3 is 0 Å². The third kappa shape index (κ3) is 3.63. The number of amides is 1. The molecule has 6 nitrogen and oxygen atoms in total. The van der Waals surface area contributed by atoms with E-state index >= 15 is 0 Å². The van der Waals surface area contributed by atoms with E-state index in [9.17, 15) is 4.79 Å². The Balaban J connectivity index is 1.63. The zero-order chi connectivity index (χ0) is 16.9. The molecule has 124 valence electrons. The smallest absolute Gasteiger partial charge is 0.253 e. The lowest BCUT2D eigenvalue weighted by atomic mass is 10.1. The molecule has 0 radical (unpaired) electrons. The summed E-state index contributed by atoms with van der Waals surface area (Å²) in [6.07, 6.45) is 4.70. The Bertz CT molecular complexity index is 761. The minimum absolute atomic E-state index is 0.00550. The molecular formula is C18H21N5O. The van der Waals surface area contributed by atoms with Crippen LogP contribution in [0.4, 0.5) is 0 Å². The highest BCUT2D eigenvalue weighted by Gasteiger charge is 2.21. The molecule has 1 aromatic carbocycles. The number of nitrogens with zero attached hydrogens (tertiary/aromatic N) is 5. The van der Waals surface area contributed by atoms with E-state index in [0.717, 1.165) is 38.4 Å². The van der Waals surface area contributed by atoms with E-state index in [1.54, 1.807) is 24.3 Å². The molecule has 0 bridgehead atoms. The summed E-state index contributed by atoms with van der Waals surface area (Å²) in [7, 11) is 2.00. The van der Waals surface area contributed by atoms with Crippen LogP contribution in [0.5, 0.6) is 0 Å². The summed E-state index contributed by atoms with van der Waals surface area (Å²) in [5.41, 5.74) is 1.11. The normalized spacial score (nSPS) is 15.8. The number of nitriles is 1. The lowest BCUT2D eigenvalue weighted by Gasteiger charge is -2.22. The molecule has 1 aromatic heterocycles. The first-order valence-corrected chi connectivity index (χ1v) is 8.15. The molecule has 1 amide bonds. The van der Waals surface area contributed by atoms with Crippen LogP contribution in [0.3, 0.4) is 0 Å². The van der Waals surface area contributed by atoms with Gasteiger partial charge in [0.25, 0.3) is 5.91 Å². The van der Waals surface area contributed by atoms with Gasteiger partial charge in [-0.3, -0.25) is 9.69 Å². The van der Waals surface area contributed by atoms with Crippen molar-refractivity contribution in [3.8, 4) is 6.07 Å². The van der Waals surface area contributed by atoms with Crippen LogP contribution in [0.2, 0.25) is 0 Å². The van der Waals surface area contributed by atoms with E-state index in [-0.39, 0.29) is 5.91 Å². The first-order chi connectivity index (χ1) is 11.7. The molecule has 1 saturated heterocycles. The Kier molecular flexibility index (Phi) is 4.92. The summed E-state index contributed by atoms with van der Waals surface area (Å²) in [5.74, 6) is 1.04. The van der Waals surface area contributed by atoms with Crippen molar-refractivity contribution in [3.63, 3.8) is 0 Å². The molecule has 2 aromatic rings. The van der Waals surface area contributed by atoms with Gasteiger partial charge in [0.05, 0.1) is 18.2 Å². The lowest BCUT2D eigenvalue weighted by molar-refractivity contribution is 0.0761. The number of carbonyl (C=O) groups is 1. The van der Waals surface area contributed by atoms with Gasteiger partial charge in [-0.15, -0.1) is 0 Å². The molecule has 3 rings (SSSR count). The second kappa shape index (κ2) is 7.28. The number of imidazole rings is 1. The molecule has 6 heteroatoms. The van der Waals surface area contributed by atoms with Crippen LogP contribution in [0.25, 0.3) is 0 Å². The highest BCUT2D eigenvalue weighted by Crippen LogP contribution is 2.12.